The van der Waals surface area contributed by atoms with Crippen molar-refractivity contribution >= 4 is 27.2 Å². The summed E-state index contributed by atoms with van der Waals surface area (Å²) in [6.07, 6.45) is -0.852. The molecule has 3 aromatic carbocycles. The number of Topliss-reactive ketones (excluding diaryl/α,β-unsaturated/α-hetero) is 1. The fourth-order valence-corrected chi connectivity index (χ4v) is 6.71. The molecule has 1 saturated carbocycles. The Balaban J connectivity index is 1.49. The third-order valence-electron chi connectivity index (χ3n) is 7.48. The maximum Gasteiger partial charge on any atom is 0.416 e. The lowest BCUT2D eigenvalue weighted by Crippen LogP contribution is -2.42. The summed E-state index contributed by atoms with van der Waals surface area (Å²) in [6, 6.07) is 15.5. The standard InChI is InChI=1S/C29H24F3N3O6S/c30-29(31,32)26-5-2-1-4-25(26)28(14-3-15-28)16-23(36)18-34(21-8-6-20(7-9-21)27-17-33-19-41-27)42(39,40)24-12-10-22(11-13-24)35(37)38/h1-2,4-13,17,19H,3,14-16,18H2. The van der Waals surface area contributed by atoms with Crippen LogP contribution in [0.4, 0.5) is 24.5 Å². The van der Waals surface area contributed by atoms with Crippen LogP contribution in [0, 0.1) is 10.1 Å². The van der Waals surface area contributed by atoms with Gasteiger partial charge in [-0.2, -0.15) is 13.2 Å². The van der Waals surface area contributed by atoms with Crippen LogP contribution in [0.5, 0.6) is 0 Å². The van der Waals surface area contributed by atoms with Gasteiger partial charge in [-0.25, -0.2) is 13.4 Å². The molecule has 218 valence electrons. The van der Waals surface area contributed by atoms with Crippen LogP contribution in [-0.2, 0) is 26.4 Å². The Labute approximate surface area is 238 Å². The Morgan fingerprint density at radius 3 is 2.24 bits per heavy atom. The van der Waals surface area contributed by atoms with Gasteiger partial charge in [-0.1, -0.05) is 24.6 Å². The van der Waals surface area contributed by atoms with Crippen LogP contribution in [-0.4, -0.2) is 30.7 Å². The number of hydrogen-bond donors (Lipinski definition) is 0. The van der Waals surface area contributed by atoms with Crippen molar-refractivity contribution in [3.05, 3.63) is 107 Å². The minimum absolute atomic E-state index is 0.0262. The molecule has 0 radical (unpaired) electrons. The molecule has 4 aromatic rings. The number of aromatic nitrogens is 1. The fourth-order valence-electron chi connectivity index (χ4n) is 5.26. The number of hydrogen-bond acceptors (Lipinski definition) is 7. The zero-order valence-electron chi connectivity index (χ0n) is 22.0. The number of non-ortho nitro benzene ring substituents is 1. The average Bonchev–Trinajstić information content (AvgIpc) is 3.49. The number of ketones is 1. The van der Waals surface area contributed by atoms with Crippen molar-refractivity contribution in [1.82, 2.24) is 4.98 Å². The first kappa shape index (κ1) is 29.0. The topological polar surface area (TPSA) is 124 Å². The molecule has 1 aromatic heterocycles. The molecule has 0 bridgehead atoms. The van der Waals surface area contributed by atoms with E-state index < -0.39 is 44.4 Å². The first-order valence-corrected chi connectivity index (χ1v) is 14.3. The number of sulfonamides is 1. The van der Waals surface area contributed by atoms with Crippen molar-refractivity contribution in [2.24, 2.45) is 0 Å². The van der Waals surface area contributed by atoms with Crippen LogP contribution in [0.25, 0.3) is 11.3 Å². The van der Waals surface area contributed by atoms with Crippen LogP contribution in [0.15, 0.2) is 94.7 Å². The molecule has 0 unspecified atom stereocenters. The third kappa shape index (κ3) is 5.64. The number of benzene rings is 3. The second-order valence-electron chi connectivity index (χ2n) is 10.1. The number of nitro benzene ring substituents is 1. The van der Waals surface area contributed by atoms with Gasteiger partial charge in [0.1, 0.15) is 0 Å². The molecule has 0 N–H and O–H groups in total. The highest BCUT2D eigenvalue weighted by Gasteiger charge is 2.46. The van der Waals surface area contributed by atoms with E-state index in [4.69, 9.17) is 4.42 Å². The van der Waals surface area contributed by atoms with Gasteiger partial charge in [0.2, 0.25) is 0 Å². The number of halogens is 3. The van der Waals surface area contributed by atoms with Crippen molar-refractivity contribution < 1.29 is 35.7 Å². The average molecular weight is 600 g/mol. The van der Waals surface area contributed by atoms with Gasteiger partial charge in [0.25, 0.3) is 15.7 Å². The van der Waals surface area contributed by atoms with Crippen molar-refractivity contribution in [1.29, 1.82) is 0 Å². The number of nitrogens with zero attached hydrogens (tertiary/aromatic N) is 3. The maximum atomic E-state index is 13.8. The summed E-state index contributed by atoms with van der Waals surface area (Å²) in [4.78, 5) is 27.5. The van der Waals surface area contributed by atoms with Gasteiger partial charge in [0, 0.05) is 29.5 Å². The van der Waals surface area contributed by atoms with E-state index in [9.17, 15) is 36.5 Å². The number of carbonyl (C=O) groups excluding carboxylic acids is 1. The lowest BCUT2D eigenvalue weighted by atomic mass is 9.61. The molecule has 0 saturated heterocycles. The van der Waals surface area contributed by atoms with Crippen molar-refractivity contribution in [2.75, 3.05) is 10.8 Å². The minimum Gasteiger partial charge on any atom is -0.444 e. The van der Waals surface area contributed by atoms with E-state index in [1.165, 1.54) is 42.9 Å². The van der Waals surface area contributed by atoms with Gasteiger partial charge < -0.3 is 4.42 Å². The van der Waals surface area contributed by atoms with Crippen LogP contribution in [0.2, 0.25) is 0 Å². The monoisotopic (exact) mass is 599 g/mol. The normalized spacial score (nSPS) is 14.6. The summed E-state index contributed by atoms with van der Waals surface area (Å²) in [5.74, 6) is -0.144. The first-order valence-electron chi connectivity index (χ1n) is 12.9. The summed E-state index contributed by atoms with van der Waals surface area (Å²) in [5, 5.41) is 11.1. The Bertz CT molecular complexity index is 1700. The van der Waals surface area contributed by atoms with E-state index >= 15 is 0 Å². The number of carbonyl (C=O) groups is 1. The van der Waals surface area contributed by atoms with E-state index in [0.29, 0.717) is 30.6 Å². The summed E-state index contributed by atoms with van der Waals surface area (Å²) in [6.45, 7) is -0.656. The van der Waals surface area contributed by atoms with E-state index in [2.05, 4.69) is 4.98 Å². The predicted octanol–water partition coefficient (Wildman–Crippen LogP) is 6.55. The molecular formula is C29H24F3N3O6S. The third-order valence-corrected chi connectivity index (χ3v) is 9.27. The molecule has 1 heterocycles. The van der Waals surface area contributed by atoms with Crippen molar-refractivity contribution in [2.45, 2.75) is 42.2 Å². The maximum absolute atomic E-state index is 13.8. The van der Waals surface area contributed by atoms with Crippen LogP contribution in [0.1, 0.15) is 36.8 Å². The molecule has 1 aliphatic carbocycles. The Morgan fingerprint density at radius 1 is 1.02 bits per heavy atom. The quantitative estimate of drug-likeness (QED) is 0.150. The van der Waals surface area contributed by atoms with Crippen molar-refractivity contribution in [3.8, 4) is 11.3 Å². The van der Waals surface area contributed by atoms with Gasteiger partial charge >= 0.3 is 6.18 Å². The van der Waals surface area contributed by atoms with Crippen LogP contribution < -0.4 is 4.31 Å². The molecular weight excluding hydrogens is 575 g/mol. The lowest BCUT2D eigenvalue weighted by molar-refractivity contribution is -0.384. The highest BCUT2D eigenvalue weighted by molar-refractivity contribution is 7.92. The first-order chi connectivity index (χ1) is 19.9. The van der Waals surface area contributed by atoms with Crippen LogP contribution in [0.3, 0.4) is 0 Å². The molecule has 0 atom stereocenters. The smallest absolute Gasteiger partial charge is 0.416 e. The zero-order chi connectivity index (χ0) is 30.1. The molecule has 0 spiro atoms. The number of alkyl halides is 3. The molecule has 1 fully saturated rings. The summed E-state index contributed by atoms with van der Waals surface area (Å²) < 4.78 is 75.2. The molecule has 9 nitrogen and oxygen atoms in total. The molecule has 0 aliphatic heterocycles. The van der Waals surface area contributed by atoms with Gasteiger partial charge in [-0.3, -0.25) is 19.2 Å². The lowest BCUT2D eigenvalue weighted by Gasteiger charge is -2.43. The largest absolute Gasteiger partial charge is 0.444 e. The molecule has 1 aliphatic rings. The number of oxazole rings is 1. The molecule has 5 rings (SSSR count). The number of rotatable bonds is 10. The van der Waals surface area contributed by atoms with E-state index in [0.717, 1.165) is 34.6 Å². The Kier molecular flexibility index (Phi) is 7.62. The second kappa shape index (κ2) is 11.0. The summed E-state index contributed by atoms with van der Waals surface area (Å²) in [5.41, 5.74) is -1.46. The zero-order valence-corrected chi connectivity index (χ0v) is 22.8. The molecule has 0 amide bonds. The van der Waals surface area contributed by atoms with E-state index in [1.807, 2.05) is 0 Å². The Morgan fingerprint density at radius 2 is 1.69 bits per heavy atom. The summed E-state index contributed by atoms with van der Waals surface area (Å²) >= 11 is 0. The second-order valence-corrected chi connectivity index (χ2v) is 11.9. The van der Waals surface area contributed by atoms with Crippen molar-refractivity contribution in [3.63, 3.8) is 0 Å². The van der Waals surface area contributed by atoms with Gasteiger partial charge in [0.05, 0.1) is 33.8 Å². The predicted molar refractivity (Wildman–Crippen MR) is 146 cm³/mol. The highest BCUT2D eigenvalue weighted by Crippen LogP contribution is 2.50. The van der Waals surface area contributed by atoms with Crippen LogP contribution >= 0.6 is 0 Å². The van der Waals surface area contributed by atoms with E-state index in [1.54, 1.807) is 12.1 Å². The molecule has 13 heteroatoms. The number of anilines is 1. The van der Waals surface area contributed by atoms with Gasteiger partial charge in [0.15, 0.2) is 17.9 Å². The summed E-state index contributed by atoms with van der Waals surface area (Å²) in [7, 11) is -4.42. The van der Waals surface area contributed by atoms with Gasteiger partial charge in [-0.15, -0.1) is 0 Å². The Hall–Kier alpha value is -4.52. The minimum atomic E-state index is -4.61. The van der Waals surface area contributed by atoms with E-state index in [-0.39, 0.29) is 28.3 Å². The van der Waals surface area contributed by atoms with Gasteiger partial charge in [-0.05, 0) is 60.9 Å². The number of nitro groups is 1. The SMILES string of the molecule is O=C(CN(c1ccc(-c2cnco2)cc1)S(=O)(=O)c1ccc([N+](=O)[O-])cc1)CC1(c2ccccc2C(F)(F)F)CCC1. The highest BCUT2D eigenvalue weighted by atomic mass is 32.2. The fraction of sp³-hybridized carbons (Fsp3) is 0.241. The molecule has 42 heavy (non-hydrogen) atoms.